The predicted octanol–water partition coefficient (Wildman–Crippen LogP) is 5.24. The minimum atomic E-state index is -0.851. The number of aliphatic hydroxyl groups excluding tert-OH is 1. The van der Waals surface area contributed by atoms with E-state index in [0.717, 1.165) is 51.7 Å². The molecule has 3 heterocycles. The van der Waals surface area contributed by atoms with Crippen molar-refractivity contribution in [1.29, 1.82) is 0 Å². The van der Waals surface area contributed by atoms with Crippen molar-refractivity contribution in [2.24, 2.45) is 5.92 Å². The summed E-state index contributed by atoms with van der Waals surface area (Å²) in [5.74, 6) is 0.569. The third-order valence-electron chi connectivity index (χ3n) is 7.84. The minimum absolute atomic E-state index is 0.0164. The molecule has 6 rings (SSSR count). The van der Waals surface area contributed by atoms with Crippen LogP contribution in [0.5, 0.6) is 5.75 Å². The molecule has 1 amide bonds. The maximum absolute atomic E-state index is 13.5. The SMILES string of the molecule is O=C(N[C@H](CN1CCCC1)[C@H](O)c1ccc(OC2CC2)c(Cl)c1)C1CCN(c2ccc3ccsc3c2)C1. The van der Waals surface area contributed by atoms with Crippen molar-refractivity contribution in [3.05, 3.63) is 58.4 Å². The van der Waals surface area contributed by atoms with Crippen LogP contribution >= 0.6 is 22.9 Å². The van der Waals surface area contributed by atoms with Crippen molar-refractivity contribution < 1.29 is 14.6 Å². The second kappa shape index (κ2) is 10.8. The Hall–Kier alpha value is -2.32. The number of halogens is 1. The van der Waals surface area contributed by atoms with Crippen LogP contribution in [0, 0.1) is 5.92 Å². The summed E-state index contributed by atoms with van der Waals surface area (Å²) in [4.78, 5) is 18.1. The molecular formula is C29H34ClN3O3S. The molecule has 1 aliphatic carbocycles. The molecule has 3 atom stereocenters. The van der Waals surface area contributed by atoms with Gasteiger partial charge in [-0.15, -0.1) is 11.3 Å². The molecule has 0 bridgehead atoms. The lowest BCUT2D eigenvalue weighted by molar-refractivity contribution is -0.126. The van der Waals surface area contributed by atoms with Gasteiger partial charge in [-0.3, -0.25) is 4.79 Å². The summed E-state index contributed by atoms with van der Waals surface area (Å²) in [5.41, 5.74) is 1.87. The summed E-state index contributed by atoms with van der Waals surface area (Å²) in [6.45, 7) is 4.16. The Morgan fingerprint density at radius 3 is 2.73 bits per heavy atom. The van der Waals surface area contributed by atoms with E-state index in [1.807, 2.05) is 12.1 Å². The van der Waals surface area contributed by atoms with Crippen molar-refractivity contribution >= 4 is 44.6 Å². The quantitative estimate of drug-likeness (QED) is 0.389. The van der Waals surface area contributed by atoms with E-state index in [2.05, 4.69) is 44.8 Å². The number of carbonyl (C=O) groups excluding carboxylic acids is 1. The molecule has 2 N–H and O–H groups in total. The molecule has 6 nitrogen and oxygen atoms in total. The first-order valence-corrected chi connectivity index (χ1v) is 14.7. The number of nitrogens with zero attached hydrogens (tertiary/aromatic N) is 2. The monoisotopic (exact) mass is 539 g/mol. The van der Waals surface area contributed by atoms with Gasteiger partial charge in [0.2, 0.25) is 5.91 Å². The molecule has 2 aromatic carbocycles. The Kier molecular flexibility index (Phi) is 7.30. The van der Waals surface area contributed by atoms with Crippen molar-refractivity contribution in [2.75, 3.05) is 37.6 Å². The average Bonchev–Trinajstić information content (AvgIpc) is 3.30. The molecule has 1 unspecified atom stereocenters. The number of thiophene rings is 1. The Labute approximate surface area is 227 Å². The smallest absolute Gasteiger partial charge is 0.225 e. The van der Waals surface area contributed by atoms with Crippen LogP contribution in [0.15, 0.2) is 47.8 Å². The Morgan fingerprint density at radius 1 is 1.11 bits per heavy atom. The molecule has 3 aliphatic rings. The molecule has 37 heavy (non-hydrogen) atoms. The average molecular weight is 540 g/mol. The number of nitrogens with one attached hydrogen (secondary N) is 1. The molecule has 1 saturated carbocycles. The van der Waals surface area contributed by atoms with Crippen LogP contribution in [0.2, 0.25) is 5.02 Å². The zero-order chi connectivity index (χ0) is 25.4. The molecule has 0 spiro atoms. The van der Waals surface area contributed by atoms with Crippen LogP contribution in [0.1, 0.15) is 43.8 Å². The summed E-state index contributed by atoms with van der Waals surface area (Å²) in [7, 11) is 0. The predicted molar refractivity (Wildman–Crippen MR) is 150 cm³/mol. The number of carbonyl (C=O) groups is 1. The van der Waals surface area contributed by atoms with Crippen LogP contribution in [0.3, 0.4) is 0 Å². The fourth-order valence-electron chi connectivity index (χ4n) is 5.51. The molecule has 196 valence electrons. The van der Waals surface area contributed by atoms with E-state index >= 15 is 0 Å². The van der Waals surface area contributed by atoms with Gasteiger partial charge < -0.3 is 25.0 Å². The molecule has 2 aliphatic heterocycles. The maximum Gasteiger partial charge on any atom is 0.225 e. The number of aliphatic hydroxyl groups is 1. The molecule has 3 aromatic rings. The van der Waals surface area contributed by atoms with Gasteiger partial charge in [-0.2, -0.15) is 0 Å². The van der Waals surface area contributed by atoms with Gasteiger partial charge in [0.05, 0.1) is 23.1 Å². The highest BCUT2D eigenvalue weighted by Crippen LogP contribution is 2.35. The first-order valence-electron chi connectivity index (χ1n) is 13.4. The van der Waals surface area contributed by atoms with E-state index in [1.165, 1.54) is 15.8 Å². The van der Waals surface area contributed by atoms with Crippen molar-refractivity contribution in [1.82, 2.24) is 10.2 Å². The number of hydrogen-bond donors (Lipinski definition) is 2. The molecular weight excluding hydrogens is 506 g/mol. The summed E-state index contributed by atoms with van der Waals surface area (Å²) in [6, 6.07) is 13.7. The van der Waals surface area contributed by atoms with E-state index in [0.29, 0.717) is 29.4 Å². The largest absolute Gasteiger partial charge is 0.489 e. The van der Waals surface area contributed by atoms with E-state index in [9.17, 15) is 9.90 Å². The van der Waals surface area contributed by atoms with Crippen LogP contribution in [-0.4, -0.2) is 60.8 Å². The number of benzene rings is 2. The summed E-state index contributed by atoms with van der Waals surface area (Å²) >= 11 is 8.24. The van der Waals surface area contributed by atoms with Crippen LogP contribution in [-0.2, 0) is 4.79 Å². The number of fused-ring (bicyclic) bond motifs is 1. The number of likely N-dealkylation sites (tertiary alicyclic amines) is 1. The first kappa shape index (κ1) is 25.0. The number of hydrogen-bond acceptors (Lipinski definition) is 6. The molecule has 3 fully saturated rings. The number of rotatable bonds is 9. The Morgan fingerprint density at radius 2 is 1.95 bits per heavy atom. The summed E-state index contributed by atoms with van der Waals surface area (Å²) < 4.78 is 7.13. The lowest BCUT2D eigenvalue weighted by Crippen LogP contribution is -2.48. The normalized spacial score (nSPS) is 21.9. The van der Waals surface area contributed by atoms with Crippen molar-refractivity contribution in [2.45, 2.75) is 50.4 Å². The summed E-state index contributed by atoms with van der Waals surface area (Å²) in [6.07, 6.45) is 4.64. The highest BCUT2D eigenvalue weighted by molar-refractivity contribution is 7.17. The third-order valence-corrected chi connectivity index (χ3v) is 9.02. The van der Waals surface area contributed by atoms with Crippen molar-refractivity contribution in [3.8, 4) is 5.75 Å². The number of anilines is 1. The fraction of sp³-hybridized carbons (Fsp3) is 0.483. The zero-order valence-electron chi connectivity index (χ0n) is 20.9. The van der Waals surface area contributed by atoms with Crippen molar-refractivity contribution in [3.63, 3.8) is 0 Å². The van der Waals surface area contributed by atoms with E-state index < -0.39 is 12.1 Å². The number of amides is 1. The topological polar surface area (TPSA) is 65.0 Å². The lowest BCUT2D eigenvalue weighted by Gasteiger charge is -2.30. The molecule has 1 aromatic heterocycles. The van der Waals surface area contributed by atoms with Gasteiger partial charge >= 0.3 is 0 Å². The lowest BCUT2D eigenvalue weighted by atomic mass is 10.00. The van der Waals surface area contributed by atoms with Crippen LogP contribution in [0.4, 0.5) is 5.69 Å². The van der Waals surface area contributed by atoms with E-state index in [-0.39, 0.29) is 17.9 Å². The van der Waals surface area contributed by atoms with Gasteiger partial charge in [0.15, 0.2) is 0 Å². The standard InChI is InChI=1S/C29H34ClN3O3S/c30-24-15-20(4-8-26(24)36-23-6-7-23)28(34)25(18-32-11-1-2-12-32)31-29(35)21-9-13-33(17-21)22-5-3-19-10-14-37-27(19)16-22/h3-5,8,10,14-16,21,23,25,28,34H,1-2,6-7,9,11-13,17-18H2,(H,31,35)/t21?,25-,28-/m1/s1. The van der Waals surface area contributed by atoms with Gasteiger partial charge in [-0.1, -0.05) is 23.7 Å². The van der Waals surface area contributed by atoms with Crippen LogP contribution in [0.25, 0.3) is 10.1 Å². The summed E-state index contributed by atoms with van der Waals surface area (Å²) in [5, 5.41) is 18.5. The maximum atomic E-state index is 13.5. The fourth-order valence-corrected chi connectivity index (χ4v) is 6.57. The Balaban J connectivity index is 1.14. The van der Waals surface area contributed by atoms with Gasteiger partial charge in [-0.05, 0) is 91.9 Å². The molecule has 8 heteroatoms. The minimum Gasteiger partial charge on any atom is -0.489 e. The molecule has 0 radical (unpaired) electrons. The highest BCUT2D eigenvalue weighted by atomic mass is 35.5. The Bertz CT molecular complexity index is 1260. The van der Waals surface area contributed by atoms with Gasteiger partial charge in [0, 0.05) is 30.0 Å². The second-order valence-electron chi connectivity index (χ2n) is 10.6. The zero-order valence-corrected chi connectivity index (χ0v) is 22.5. The highest BCUT2D eigenvalue weighted by Gasteiger charge is 2.33. The first-order chi connectivity index (χ1) is 18.0. The second-order valence-corrected chi connectivity index (χ2v) is 12.0. The van der Waals surface area contributed by atoms with Crippen LogP contribution < -0.4 is 15.0 Å². The molecule has 2 saturated heterocycles. The van der Waals surface area contributed by atoms with Gasteiger partial charge in [0.25, 0.3) is 0 Å². The van der Waals surface area contributed by atoms with E-state index in [1.54, 1.807) is 17.4 Å². The van der Waals surface area contributed by atoms with E-state index in [4.69, 9.17) is 16.3 Å². The number of ether oxygens (including phenoxy) is 1. The third kappa shape index (κ3) is 5.75. The van der Waals surface area contributed by atoms with Gasteiger partial charge in [-0.25, -0.2) is 0 Å². The van der Waals surface area contributed by atoms with Gasteiger partial charge in [0.1, 0.15) is 11.9 Å².